The molecule has 0 aromatic carbocycles. The van der Waals surface area contributed by atoms with E-state index in [-0.39, 0.29) is 40.6 Å². The summed E-state index contributed by atoms with van der Waals surface area (Å²) < 4.78 is 0. The molecular formula is C2H8MgO3. The van der Waals surface area contributed by atoms with Gasteiger partial charge in [-0.2, -0.15) is 0 Å². The van der Waals surface area contributed by atoms with E-state index in [1.54, 1.807) is 6.92 Å². The molecule has 0 aliphatic rings. The third kappa shape index (κ3) is 148. The van der Waals surface area contributed by atoms with E-state index in [2.05, 4.69) is 0 Å². The fourth-order valence-corrected chi connectivity index (χ4v) is 0. The van der Waals surface area contributed by atoms with Crippen LogP contribution >= 0.6 is 0 Å². The summed E-state index contributed by atoms with van der Waals surface area (Å²) in [5.74, 6) is 0. The van der Waals surface area contributed by atoms with Gasteiger partial charge in [0.1, 0.15) is 0 Å². The predicted octanol–water partition coefficient (Wildman–Crippen LogP) is -0.736. The molecule has 0 atom stereocenters. The molecule has 36 valence electrons. The fraction of sp³-hybridized carbons (Fsp3) is 1.00. The second-order valence-electron chi connectivity index (χ2n) is 0.316. The summed E-state index contributed by atoms with van der Waals surface area (Å²) in [5, 5.41) is 7.57. The van der Waals surface area contributed by atoms with E-state index >= 15 is 0 Å². The molecule has 3 N–H and O–H groups in total. The summed E-state index contributed by atoms with van der Waals surface area (Å²) in [7, 11) is 0. The van der Waals surface area contributed by atoms with Crippen molar-refractivity contribution in [2.75, 3.05) is 6.61 Å². The van der Waals surface area contributed by atoms with Crippen LogP contribution in [-0.4, -0.2) is 45.7 Å². The maximum absolute atomic E-state index is 7.57. The first-order chi connectivity index (χ1) is 1.41. The summed E-state index contributed by atoms with van der Waals surface area (Å²) >= 11 is 0. The molecule has 0 aliphatic heterocycles. The Morgan fingerprint density at radius 1 is 1.33 bits per heavy atom. The molecule has 4 heteroatoms. The summed E-state index contributed by atoms with van der Waals surface area (Å²) in [6.07, 6.45) is 0. The molecule has 0 saturated carbocycles. The summed E-state index contributed by atoms with van der Waals surface area (Å²) in [6.45, 7) is 1.93. The third-order valence-corrected chi connectivity index (χ3v) is 0. The van der Waals surface area contributed by atoms with Crippen LogP contribution in [0, 0.1) is 0 Å². The minimum atomic E-state index is 0. The Morgan fingerprint density at radius 3 is 1.33 bits per heavy atom. The summed E-state index contributed by atoms with van der Waals surface area (Å²) in [4.78, 5) is 0. The summed E-state index contributed by atoms with van der Waals surface area (Å²) in [6, 6.07) is 0. The van der Waals surface area contributed by atoms with Gasteiger partial charge in [0.15, 0.2) is 0 Å². The molecule has 0 unspecified atom stereocenters. The molecule has 6 heavy (non-hydrogen) atoms. The van der Waals surface area contributed by atoms with Crippen molar-refractivity contribution in [1.29, 1.82) is 0 Å². The molecular weight excluding hydrogens is 96.3 g/mol. The van der Waals surface area contributed by atoms with Crippen LogP contribution in [0.4, 0.5) is 0 Å². The zero-order valence-corrected chi connectivity index (χ0v) is 5.17. The molecule has 0 rings (SSSR count). The summed E-state index contributed by atoms with van der Waals surface area (Å²) in [5.41, 5.74) is 0. The van der Waals surface area contributed by atoms with E-state index in [4.69, 9.17) is 5.11 Å². The predicted molar refractivity (Wildman–Crippen MR) is 22.4 cm³/mol. The molecule has 0 spiro atoms. The minimum absolute atomic E-state index is 0. The van der Waals surface area contributed by atoms with Crippen molar-refractivity contribution in [2.45, 2.75) is 6.92 Å². The normalized spacial score (nSPS) is 3.00. The van der Waals surface area contributed by atoms with E-state index in [1.807, 2.05) is 0 Å². The maximum atomic E-state index is 7.57. The van der Waals surface area contributed by atoms with Gasteiger partial charge in [-0.3, -0.25) is 0 Å². The molecule has 0 bridgehead atoms. The zero-order chi connectivity index (χ0) is 2.71. The topological polar surface area (TPSA) is 80.2 Å². The molecule has 0 aromatic rings. The van der Waals surface area contributed by atoms with E-state index in [1.165, 1.54) is 0 Å². The largest absolute Gasteiger partial charge is 2.00 e. The van der Waals surface area contributed by atoms with Gasteiger partial charge in [0, 0.05) is 6.61 Å². The molecule has 0 radical (unpaired) electrons. The first-order valence-corrected chi connectivity index (χ1v) is 1.02. The number of aliphatic hydroxyl groups excluding tert-OH is 1. The zero-order valence-electron chi connectivity index (χ0n) is 3.76. The van der Waals surface area contributed by atoms with E-state index in [9.17, 15) is 0 Å². The van der Waals surface area contributed by atoms with Crippen molar-refractivity contribution >= 4 is 23.1 Å². The quantitative estimate of drug-likeness (QED) is 0.411. The van der Waals surface area contributed by atoms with Crippen LogP contribution in [0.5, 0.6) is 0 Å². The first kappa shape index (κ1) is 30.3. The van der Waals surface area contributed by atoms with Gasteiger partial charge in [-0.15, -0.1) is 0 Å². The number of hydrogen-bond donors (Lipinski definition) is 1. The van der Waals surface area contributed by atoms with Crippen LogP contribution in [0.1, 0.15) is 6.92 Å². The maximum Gasteiger partial charge on any atom is 2.00 e. The van der Waals surface area contributed by atoms with Gasteiger partial charge < -0.3 is 16.1 Å². The second kappa shape index (κ2) is 45.0. The molecule has 0 aromatic heterocycles. The van der Waals surface area contributed by atoms with Gasteiger partial charge in [0.05, 0.1) is 0 Å². The Kier molecular flexibility index (Phi) is 227. The minimum Gasteiger partial charge on any atom is -0.870 e. The van der Waals surface area contributed by atoms with Gasteiger partial charge in [-0.1, -0.05) is 0 Å². The average Bonchev–Trinajstić information content (AvgIpc) is 0.918. The van der Waals surface area contributed by atoms with Gasteiger partial charge in [-0.05, 0) is 6.92 Å². The first-order valence-electron chi connectivity index (χ1n) is 1.02. The van der Waals surface area contributed by atoms with Gasteiger partial charge in [0.25, 0.3) is 0 Å². The van der Waals surface area contributed by atoms with Crippen LogP contribution < -0.4 is 0 Å². The number of aliphatic hydroxyl groups is 1. The Hall–Kier alpha value is 0.646. The van der Waals surface area contributed by atoms with Crippen molar-refractivity contribution in [1.82, 2.24) is 0 Å². The van der Waals surface area contributed by atoms with Gasteiger partial charge in [0.2, 0.25) is 0 Å². The van der Waals surface area contributed by atoms with Crippen LogP contribution in [0.3, 0.4) is 0 Å². The Morgan fingerprint density at radius 2 is 1.33 bits per heavy atom. The van der Waals surface area contributed by atoms with Crippen molar-refractivity contribution in [2.24, 2.45) is 0 Å². The Labute approximate surface area is 53.1 Å². The van der Waals surface area contributed by atoms with E-state index in [0.29, 0.717) is 0 Å². The monoisotopic (exact) mass is 104 g/mol. The molecule has 0 fully saturated rings. The Balaban J connectivity index is -0.00000000667. The SMILES string of the molecule is CCO.[Mg+2].[OH-].[OH-]. The molecule has 0 heterocycles. The fourth-order valence-electron chi connectivity index (χ4n) is 0. The van der Waals surface area contributed by atoms with E-state index < -0.39 is 0 Å². The molecule has 0 saturated heterocycles. The van der Waals surface area contributed by atoms with Crippen molar-refractivity contribution in [3.05, 3.63) is 0 Å². The van der Waals surface area contributed by atoms with Crippen molar-refractivity contribution < 1.29 is 16.1 Å². The smallest absolute Gasteiger partial charge is 0.870 e. The van der Waals surface area contributed by atoms with E-state index in [0.717, 1.165) is 0 Å². The number of hydrogen-bond acceptors (Lipinski definition) is 3. The second-order valence-corrected chi connectivity index (χ2v) is 0.316. The van der Waals surface area contributed by atoms with Crippen LogP contribution in [0.15, 0.2) is 0 Å². The number of rotatable bonds is 0. The van der Waals surface area contributed by atoms with Gasteiger partial charge in [-0.25, -0.2) is 0 Å². The standard InChI is InChI=1S/C2H6O.Mg.2H2O/c1-2-3;;;/h3H,2H2,1H3;;2*1H2/q;+2;;/p-2. The molecule has 0 aliphatic carbocycles. The van der Waals surface area contributed by atoms with Crippen molar-refractivity contribution in [3.8, 4) is 0 Å². The van der Waals surface area contributed by atoms with Gasteiger partial charge >= 0.3 is 23.1 Å². The van der Waals surface area contributed by atoms with Crippen LogP contribution in [-0.2, 0) is 0 Å². The van der Waals surface area contributed by atoms with Crippen molar-refractivity contribution in [3.63, 3.8) is 0 Å². The Bertz CT molecular complexity index is 8.75. The van der Waals surface area contributed by atoms with Crippen LogP contribution in [0.2, 0.25) is 0 Å². The average molecular weight is 104 g/mol. The molecule has 3 nitrogen and oxygen atoms in total. The molecule has 0 amide bonds. The third-order valence-electron chi connectivity index (χ3n) is 0. The van der Waals surface area contributed by atoms with Crippen LogP contribution in [0.25, 0.3) is 0 Å².